The van der Waals surface area contributed by atoms with E-state index in [-0.39, 0.29) is 0 Å². The molecule has 1 aliphatic carbocycles. The number of rotatable bonds is 5. The van der Waals surface area contributed by atoms with Crippen molar-refractivity contribution in [2.45, 2.75) is 26.2 Å². The van der Waals surface area contributed by atoms with Crippen molar-refractivity contribution in [2.24, 2.45) is 0 Å². The normalized spacial score (nSPS) is 11.9. The topological polar surface area (TPSA) is 55.1 Å². The Morgan fingerprint density at radius 2 is 1.93 bits per heavy atom. The van der Waals surface area contributed by atoms with Gasteiger partial charge in [-0.25, -0.2) is 4.98 Å². The summed E-state index contributed by atoms with van der Waals surface area (Å²) in [6.45, 7) is 2.58. The van der Waals surface area contributed by atoms with Gasteiger partial charge in [-0.3, -0.25) is 0 Å². The first-order valence-corrected chi connectivity index (χ1v) is 9.59. The molecule has 0 fully saturated rings. The summed E-state index contributed by atoms with van der Waals surface area (Å²) < 4.78 is 11.3. The Bertz CT molecular complexity index is 1050. The predicted octanol–water partition coefficient (Wildman–Crippen LogP) is 5.18. The number of fused-ring (bicyclic) bond motifs is 3. The molecule has 0 unspecified atom stereocenters. The van der Waals surface area contributed by atoms with Crippen LogP contribution in [0.2, 0.25) is 0 Å². The van der Waals surface area contributed by atoms with Gasteiger partial charge >= 0.3 is 0 Å². The molecule has 140 valence electrons. The summed E-state index contributed by atoms with van der Waals surface area (Å²) in [5, 5.41) is 9.94. The van der Waals surface area contributed by atoms with E-state index in [1.807, 2.05) is 43.3 Å². The van der Waals surface area contributed by atoms with Gasteiger partial charge in [0, 0.05) is 11.1 Å². The van der Waals surface area contributed by atoms with Crippen LogP contribution in [-0.4, -0.2) is 18.7 Å². The van der Waals surface area contributed by atoms with E-state index in [1.165, 1.54) is 5.56 Å². The highest BCUT2D eigenvalue weighted by Gasteiger charge is 2.27. The van der Waals surface area contributed by atoms with Crippen molar-refractivity contribution >= 4 is 0 Å². The van der Waals surface area contributed by atoms with E-state index < -0.39 is 0 Å². The van der Waals surface area contributed by atoms with Gasteiger partial charge in [0.2, 0.25) is 5.88 Å². The average molecular weight is 370 g/mol. The Labute approximate surface area is 165 Å². The van der Waals surface area contributed by atoms with Crippen molar-refractivity contribution in [1.82, 2.24) is 4.98 Å². The number of nitrogens with zero attached hydrogens (tertiary/aromatic N) is 2. The van der Waals surface area contributed by atoms with Gasteiger partial charge in [0.25, 0.3) is 0 Å². The number of benzene rings is 2. The van der Waals surface area contributed by atoms with E-state index in [9.17, 15) is 5.26 Å². The molecule has 0 saturated heterocycles. The zero-order valence-corrected chi connectivity index (χ0v) is 16.2. The van der Waals surface area contributed by atoms with E-state index in [1.54, 1.807) is 7.11 Å². The molecule has 0 atom stereocenters. The lowest BCUT2D eigenvalue weighted by molar-refractivity contribution is 0.304. The lowest BCUT2D eigenvalue weighted by atomic mass is 9.83. The second-order valence-corrected chi connectivity index (χ2v) is 6.84. The van der Waals surface area contributed by atoms with Crippen molar-refractivity contribution in [2.75, 3.05) is 13.7 Å². The highest BCUT2D eigenvalue weighted by atomic mass is 16.5. The minimum Gasteiger partial charge on any atom is -0.497 e. The lowest BCUT2D eigenvalue weighted by Gasteiger charge is -2.24. The summed E-state index contributed by atoms with van der Waals surface area (Å²) in [5.74, 6) is 1.27. The highest BCUT2D eigenvalue weighted by molar-refractivity contribution is 5.84. The quantitative estimate of drug-likeness (QED) is 0.621. The summed E-state index contributed by atoms with van der Waals surface area (Å²) in [7, 11) is 1.68. The summed E-state index contributed by atoms with van der Waals surface area (Å²) >= 11 is 0. The second kappa shape index (κ2) is 7.74. The smallest absolute Gasteiger partial charge is 0.232 e. The maximum atomic E-state index is 9.94. The molecule has 0 amide bonds. The molecule has 4 rings (SSSR count). The molecule has 4 nitrogen and oxygen atoms in total. The van der Waals surface area contributed by atoms with Gasteiger partial charge in [-0.2, -0.15) is 5.26 Å². The molecule has 0 aliphatic heterocycles. The zero-order chi connectivity index (χ0) is 19.5. The molecular formula is C24H22N2O2. The van der Waals surface area contributed by atoms with Crippen molar-refractivity contribution < 1.29 is 9.47 Å². The maximum absolute atomic E-state index is 9.94. The fraction of sp³-hybridized carbons (Fsp3) is 0.250. The Morgan fingerprint density at radius 3 is 2.64 bits per heavy atom. The minimum atomic E-state index is 0.422. The Kier molecular flexibility index (Phi) is 4.99. The third-order valence-electron chi connectivity index (χ3n) is 5.09. The largest absolute Gasteiger partial charge is 0.497 e. The average Bonchev–Trinajstić information content (AvgIpc) is 2.76. The number of aryl methyl sites for hydroxylation is 1. The first-order valence-electron chi connectivity index (χ1n) is 9.59. The fourth-order valence-electron chi connectivity index (χ4n) is 3.79. The summed E-state index contributed by atoms with van der Waals surface area (Å²) in [6.07, 6.45) is 2.58. The van der Waals surface area contributed by atoms with E-state index in [0.29, 0.717) is 18.1 Å². The molecule has 0 bridgehead atoms. The Balaban J connectivity index is 1.99. The maximum Gasteiger partial charge on any atom is 0.232 e. The number of hydrogen-bond acceptors (Lipinski definition) is 4. The first kappa shape index (κ1) is 18.1. The number of pyridine rings is 1. The van der Waals surface area contributed by atoms with Crippen LogP contribution in [0.4, 0.5) is 0 Å². The van der Waals surface area contributed by atoms with E-state index in [4.69, 9.17) is 14.5 Å². The predicted molar refractivity (Wildman–Crippen MR) is 110 cm³/mol. The van der Waals surface area contributed by atoms with Crippen LogP contribution >= 0.6 is 0 Å². The van der Waals surface area contributed by atoms with Gasteiger partial charge < -0.3 is 9.47 Å². The SMILES string of the molecule is CCCOc1nc2c(c(-c3ccccc3)c1C#N)CCc1cc(OC)ccc1-2. The molecule has 1 aromatic heterocycles. The monoisotopic (exact) mass is 370 g/mol. The zero-order valence-electron chi connectivity index (χ0n) is 16.2. The molecule has 1 heterocycles. The van der Waals surface area contributed by atoms with Gasteiger partial charge in [-0.15, -0.1) is 0 Å². The van der Waals surface area contributed by atoms with Crippen LogP contribution in [-0.2, 0) is 12.8 Å². The van der Waals surface area contributed by atoms with Gasteiger partial charge in [-0.1, -0.05) is 37.3 Å². The van der Waals surface area contributed by atoms with Gasteiger partial charge in [0.1, 0.15) is 17.4 Å². The molecule has 0 N–H and O–H groups in total. The summed E-state index contributed by atoms with van der Waals surface area (Å²) in [5.41, 5.74) is 6.82. The van der Waals surface area contributed by atoms with Crippen molar-refractivity contribution in [1.29, 1.82) is 5.26 Å². The van der Waals surface area contributed by atoms with Gasteiger partial charge in [-0.05, 0) is 54.2 Å². The van der Waals surface area contributed by atoms with E-state index >= 15 is 0 Å². The second-order valence-electron chi connectivity index (χ2n) is 6.84. The van der Waals surface area contributed by atoms with E-state index in [0.717, 1.165) is 53.0 Å². The number of ether oxygens (including phenoxy) is 2. The molecule has 0 saturated carbocycles. The Hall–Kier alpha value is -3.32. The van der Waals surface area contributed by atoms with Crippen LogP contribution in [0.5, 0.6) is 11.6 Å². The third kappa shape index (κ3) is 3.10. The molecule has 3 aromatic rings. The van der Waals surface area contributed by atoms with Crippen LogP contribution in [0.1, 0.15) is 30.0 Å². The van der Waals surface area contributed by atoms with Crippen LogP contribution in [0.25, 0.3) is 22.4 Å². The molecular weight excluding hydrogens is 348 g/mol. The number of nitriles is 1. The van der Waals surface area contributed by atoms with Crippen molar-refractivity contribution in [3.05, 3.63) is 65.2 Å². The van der Waals surface area contributed by atoms with Gasteiger partial charge in [0.15, 0.2) is 0 Å². The number of aromatic nitrogens is 1. The third-order valence-corrected chi connectivity index (χ3v) is 5.09. The molecule has 2 aromatic carbocycles. The first-order chi connectivity index (χ1) is 13.8. The number of hydrogen-bond donors (Lipinski definition) is 0. The van der Waals surface area contributed by atoms with Crippen LogP contribution in [0.15, 0.2) is 48.5 Å². The summed E-state index contributed by atoms with van der Waals surface area (Å²) in [6, 6.07) is 18.5. The summed E-state index contributed by atoms with van der Waals surface area (Å²) in [4.78, 5) is 4.82. The van der Waals surface area contributed by atoms with Gasteiger partial charge in [0.05, 0.1) is 19.4 Å². The standard InChI is InChI=1S/C24H22N2O2/c1-3-13-28-24-21(15-25)22(16-7-5-4-6-8-16)20-11-9-17-14-18(27-2)10-12-19(17)23(20)26-24/h4-8,10,12,14H,3,9,11,13H2,1-2H3. The molecule has 4 heteroatoms. The molecule has 0 spiro atoms. The van der Waals surface area contributed by atoms with Crippen molar-refractivity contribution in [3.8, 4) is 40.1 Å². The van der Waals surface area contributed by atoms with E-state index in [2.05, 4.69) is 18.2 Å². The highest BCUT2D eigenvalue weighted by Crippen LogP contribution is 2.43. The van der Waals surface area contributed by atoms with Crippen LogP contribution in [0, 0.1) is 11.3 Å². The Morgan fingerprint density at radius 1 is 1.11 bits per heavy atom. The molecule has 1 aliphatic rings. The fourth-order valence-corrected chi connectivity index (χ4v) is 3.79. The molecule has 28 heavy (non-hydrogen) atoms. The van der Waals surface area contributed by atoms with Crippen LogP contribution in [0.3, 0.4) is 0 Å². The minimum absolute atomic E-state index is 0.422. The molecule has 0 radical (unpaired) electrons. The number of methoxy groups -OCH3 is 1. The lowest BCUT2D eigenvalue weighted by Crippen LogP contribution is -2.12. The van der Waals surface area contributed by atoms with Crippen LogP contribution < -0.4 is 9.47 Å². The van der Waals surface area contributed by atoms with Crippen molar-refractivity contribution in [3.63, 3.8) is 0 Å².